The van der Waals surface area contributed by atoms with Gasteiger partial charge in [-0.25, -0.2) is 9.78 Å². The smallest absolute Gasteiger partial charge is 0.342 e. The molecule has 108 valence electrons. The van der Waals surface area contributed by atoms with Gasteiger partial charge < -0.3 is 9.64 Å². The van der Waals surface area contributed by atoms with Crippen molar-refractivity contribution in [1.29, 1.82) is 0 Å². The van der Waals surface area contributed by atoms with Crippen LogP contribution >= 0.6 is 0 Å². The highest BCUT2D eigenvalue weighted by Crippen LogP contribution is 2.31. The van der Waals surface area contributed by atoms with Gasteiger partial charge in [-0.2, -0.15) is 0 Å². The van der Waals surface area contributed by atoms with E-state index in [0.717, 1.165) is 36.6 Å². The molecule has 2 aliphatic heterocycles. The molecule has 0 atom stereocenters. The van der Waals surface area contributed by atoms with Gasteiger partial charge >= 0.3 is 5.97 Å². The number of hydrogen-bond acceptors (Lipinski definition) is 4. The van der Waals surface area contributed by atoms with Gasteiger partial charge in [0.1, 0.15) is 11.4 Å². The fourth-order valence-corrected chi connectivity index (χ4v) is 2.98. The number of piperidine rings is 1. The van der Waals surface area contributed by atoms with Crippen molar-refractivity contribution in [3.8, 4) is 0 Å². The van der Waals surface area contributed by atoms with Crippen LogP contribution in [0.2, 0.25) is 0 Å². The number of cyclic esters (lactones) is 1. The van der Waals surface area contributed by atoms with Gasteiger partial charge in [0.15, 0.2) is 0 Å². The first kappa shape index (κ1) is 13.4. The number of rotatable bonds is 2. The monoisotopic (exact) mass is 274 g/mol. The number of pyridine rings is 1. The maximum Gasteiger partial charge on any atom is 0.342 e. The van der Waals surface area contributed by atoms with Gasteiger partial charge in [0.25, 0.3) is 0 Å². The van der Waals surface area contributed by atoms with Crippen molar-refractivity contribution in [2.75, 3.05) is 24.6 Å². The number of fused-ring (bicyclic) bond motifs is 1. The molecule has 1 fully saturated rings. The van der Waals surface area contributed by atoms with Crippen molar-refractivity contribution in [3.05, 3.63) is 22.9 Å². The van der Waals surface area contributed by atoms with Gasteiger partial charge in [0.05, 0.1) is 6.61 Å². The van der Waals surface area contributed by atoms with Crippen molar-refractivity contribution < 1.29 is 9.53 Å². The molecule has 1 aromatic rings. The molecule has 0 spiro atoms. The molecule has 0 radical (unpaired) electrons. The van der Waals surface area contributed by atoms with E-state index in [1.165, 1.54) is 19.3 Å². The number of anilines is 1. The molecule has 0 aromatic carbocycles. The Hall–Kier alpha value is -1.58. The zero-order valence-corrected chi connectivity index (χ0v) is 12.3. The number of nitrogens with zero attached hydrogens (tertiary/aromatic N) is 2. The van der Waals surface area contributed by atoms with E-state index in [9.17, 15) is 4.79 Å². The van der Waals surface area contributed by atoms with Gasteiger partial charge in [-0.1, -0.05) is 13.8 Å². The van der Waals surface area contributed by atoms with E-state index in [-0.39, 0.29) is 5.97 Å². The summed E-state index contributed by atoms with van der Waals surface area (Å²) in [7, 11) is 0. The normalized spacial score (nSPS) is 18.9. The van der Waals surface area contributed by atoms with Crippen molar-refractivity contribution in [3.63, 3.8) is 0 Å². The molecule has 1 aromatic heterocycles. The predicted octanol–water partition coefficient (Wildman–Crippen LogP) is 2.91. The maximum atomic E-state index is 12.1. The number of esters is 1. The van der Waals surface area contributed by atoms with Crippen molar-refractivity contribution in [2.24, 2.45) is 0 Å². The molecule has 0 amide bonds. The summed E-state index contributed by atoms with van der Waals surface area (Å²) in [6.07, 6.45) is 4.44. The summed E-state index contributed by atoms with van der Waals surface area (Å²) in [4.78, 5) is 19.2. The Kier molecular flexibility index (Phi) is 3.64. The molecule has 0 saturated carbocycles. The standard InChI is InChI=1S/C16H22N2O2/c1-11(2)13-10-12-6-9-20-16(19)14(12)15(17-13)18-7-4-3-5-8-18/h10-11H,3-9H2,1-2H3. The van der Waals surface area contributed by atoms with E-state index >= 15 is 0 Å². The molecular formula is C16H22N2O2. The SMILES string of the molecule is CC(C)c1cc2c(c(N3CCCCC3)n1)C(=O)OCC2. The topological polar surface area (TPSA) is 42.4 Å². The third kappa shape index (κ3) is 2.39. The minimum Gasteiger partial charge on any atom is -0.462 e. The Morgan fingerprint density at radius 1 is 1.25 bits per heavy atom. The third-order valence-corrected chi connectivity index (χ3v) is 4.16. The molecule has 3 rings (SSSR count). The van der Waals surface area contributed by atoms with Crippen molar-refractivity contribution in [1.82, 2.24) is 4.98 Å². The van der Waals surface area contributed by atoms with Crippen LogP contribution in [-0.4, -0.2) is 30.6 Å². The highest BCUT2D eigenvalue weighted by Gasteiger charge is 2.28. The molecule has 4 nitrogen and oxygen atoms in total. The number of aromatic nitrogens is 1. The molecule has 4 heteroatoms. The second-order valence-corrected chi connectivity index (χ2v) is 5.99. The quantitative estimate of drug-likeness (QED) is 0.778. The summed E-state index contributed by atoms with van der Waals surface area (Å²) < 4.78 is 5.23. The second kappa shape index (κ2) is 5.43. The molecule has 1 saturated heterocycles. The van der Waals surface area contributed by atoms with Crippen LogP contribution in [0.1, 0.15) is 60.6 Å². The van der Waals surface area contributed by atoms with E-state index in [0.29, 0.717) is 18.1 Å². The summed E-state index contributed by atoms with van der Waals surface area (Å²) >= 11 is 0. The summed E-state index contributed by atoms with van der Waals surface area (Å²) in [6, 6.07) is 2.09. The van der Waals surface area contributed by atoms with Crippen molar-refractivity contribution in [2.45, 2.75) is 45.4 Å². The van der Waals surface area contributed by atoms with Crippen LogP contribution in [0.25, 0.3) is 0 Å². The Balaban J connectivity index is 2.09. The molecule has 0 bridgehead atoms. The Morgan fingerprint density at radius 3 is 2.70 bits per heavy atom. The van der Waals surface area contributed by atoms with E-state index in [4.69, 9.17) is 9.72 Å². The van der Waals surface area contributed by atoms with Gasteiger partial charge in [0, 0.05) is 25.2 Å². The minimum absolute atomic E-state index is 0.199. The molecule has 3 heterocycles. The summed E-state index contributed by atoms with van der Waals surface area (Å²) in [5.41, 5.74) is 2.90. The lowest BCUT2D eigenvalue weighted by Gasteiger charge is -2.31. The Labute approximate surface area is 120 Å². The number of ether oxygens (including phenoxy) is 1. The van der Waals surface area contributed by atoms with Crippen LogP contribution < -0.4 is 4.90 Å². The van der Waals surface area contributed by atoms with E-state index in [2.05, 4.69) is 24.8 Å². The van der Waals surface area contributed by atoms with Gasteiger partial charge in [0.2, 0.25) is 0 Å². The van der Waals surface area contributed by atoms with Gasteiger partial charge in [-0.3, -0.25) is 0 Å². The van der Waals surface area contributed by atoms with E-state index < -0.39 is 0 Å². The predicted molar refractivity (Wildman–Crippen MR) is 78.4 cm³/mol. The molecule has 0 unspecified atom stereocenters. The van der Waals surface area contributed by atoms with Crippen LogP contribution in [0.5, 0.6) is 0 Å². The lowest BCUT2D eigenvalue weighted by atomic mass is 9.98. The van der Waals surface area contributed by atoms with Crippen molar-refractivity contribution >= 4 is 11.8 Å². The first-order valence-corrected chi connectivity index (χ1v) is 7.62. The van der Waals surface area contributed by atoms with Crippen LogP contribution in [0.15, 0.2) is 6.07 Å². The molecule has 2 aliphatic rings. The van der Waals surface area contributed by atoms with Crippen LogP contribution in [0, 0.1) is 0 Å². The largest absolute Gasteiger partial charge is 0.462 e. The van der Waals surface area contributed by atoms with E-state index in [1.807, 2.05) is 0 Å². The van der Waals surface area contributed by atoms with Crippen LogP contribution in [0.4, 0.5) is 5.82 Å². The fraction of sp³-hybridized carbons (Fsp3) is 0.625. The summed E-state index contributed by atoms with van der Waals surface area (Å²) in [5.74, 6) is 1.03. The molecule has 0 N–H and O–H groups in total. The summed E-state index contributed by atoms with van der Waals surface area (Å²) in [5, 5.41) is 0. The second-order valence-electron chi connectivity index (χ2n) is 5.99. The zero-order valence-electron chi connectivity index (χ0n) is 12.3. The first-order chi connectivity index (χ1) is 9.66. The fourth-order valence-electron chi connectivity index (χ4n) is 2.98. The third-order valence-electron chi connectivity index (χ3n) is 4.16. The first-order valence-electron chi connectivity index (χ1n) is 7.62. The number of carbonyl (C=O) groups excluding carboxylic acids is 1. The molecular weight excluding hydrogens is 252 g/mol. The van der Waals surface area contributed by atoms with Crippen LogP contribution in [0.3, 0.4) is 0 Å². The van der Waals surface area contributed by atoms with E-state index in [1.54, 1.807) is 0 Å². The average Bonchev–Trinajstić information content (AvgIpc) is 2.47. The lowest BCUT2D eigenvalue weighted by molar-refractivity contribution is 0.0480. The number of hydrogen-bond donors (Lipinski definition) is 0. The average molecular weight is 274 g/mol. The maximum absolute atomic E-state index is 12.1. The molecule has 20 heavy (non-hydrogen) atoms. The van der Waals surface area contributed by atoms with Crippen LogP contribution in [-0.2, 0) is 11.2 Å². The highest BCUT2D eigenvalue weighted by atomic mass is 16.5. The highest BCUT2D eigenvalue weighted by molar-refractivity contribution is 5.97. The Morgan fingerprint density at radius 2 is 2.00 bits per heavy atom. The van der Waals surface area contributed by atoms with Gasteiger partial charge in [-0.05, 0) is 36.8 Å². The minimum atomic E-state index is -0.199. The number of carbonyl (C=O) groups is 1. The van der Waals surface area contributed by atoms with Gasteiger partial charge in [-0.15, -0.1) is 0 Å². The molecule has 0 aliphatic carbocycles. The Bertz CT molecular complexity index is 519. The lowest BCUT2D eigenvalue weighted by Crippen LogP contribution is -2.33. The zero-order chi connectivity index (χ0) is 14.1. The summed E-state index contributed by atoms with van der Waals surface area (Å²) in [6.45, 7) is 6.78.